The Bertz CT molecular complexity index is 2210. The number of carbonyl (C=O) groups is 6. The molecule has 4 atom stereocenters. The first-order valence-electron chi connectivity index (χ1n) is 19.1. The van der Waals surface area contributed by atoms with Crippen LogP contribution in [-0.4, -0.2) is 82.9 Å². The molecule has 5 amide bonds. The number of aromatic nitrogens is 1. The van der Waals surface area contributed by atoms with Crippen molar-refractivity contribution in [2.75, 3.05) is 6.54 Å². The highest BCUT2D eigenvalue weighted by Crippen LogP contribution is 2.19. The maximum absolute atomic E-state index is 14.2. The number of aromatic amines is 1. The lowest BCUT2D eigenvalue weighted by Gasteiger charge is -2.27. The topological polar surface area (TPSA) is 321 Å². The van der Waals surface area contributed by atoms with E-state index < -0.39 is 65.3 Å². The molecular weight excluding hydrogens is 776 g/mol. The number of para-hydroxylation sites is 1. The number of nitrogens with zero attached hydrogens (tertiary/aromatic N) is 2. The molecular formula is C41H51FN12O6. The number of fused-ring (bicyclic) bond motifs is 1. The highest BCUT2D eigenvalue weighted by atomic mass is 19.1. The van der Waals surface area contributed by atoms with Crippen LogP contribution in [0.5, 0.6) is 0 Å². The minimum Gasteiger partial charge on any atom is -0.370 e. The number of Topliss-reactive ketones (excluding diaryl/α,β-unsaturated/α-hetero) is 1. The lowest BCUT2D eigenvalue weighted by Crippen LogP contribution is -2.59. The Kier molecular flexibility index (Phi) is 16.2. The van der Waals surface area contributed by atoms with E-state index >= 15 is 0 Å². The van der Waals surface area contributed by atoms with Crippen molar-refractivity contribution in [1.29, 1.82) is 0 Å². The van der Waals surface area contributed by atoms with E-state index in [1.165, 1.54) is 30.5 Å². The van der Waals surface area contributed by atoms with E-state index in [9.17, 15) is 33.2 Å². The molecule has 0 spiro atoms. The number of benzene rings is 3. The van der Waals surface area contributed by atoms with E-state index in [0.717, 1.165) is 0 Å². The van der Waals surface area contributed by atoms with Crippen LogP contribution in [0.1, 0.15) is 54.6 Å². The van der Waals surface area contributed by atoms with E-state index in [-0.39, 0.29) is 55.6 Å². The normalized spacial score (nSPS) is 12.9. The summed E-state index contributed by atoms with van der Waals surface area (Å²) < 4.78 is 13.9. The molecule has 15 N–H and O–H groups in total. The SMILES string of the molecule is CC(C)C[C@H](NC(=O)[C@H](Cc1ccc(N=C(N)N)cc1)NC(=O)[C@H](Cc1ccc(F)cc1)NC(=O)C(=O)c1c[nH]c2ccccc12)C(=O)N[C@@H](CCCN=C(N)N)C(N)=O. The van der Waals surface area contributed by atoms with Crippen molar-refractivity contribution in [2.45, 2.75) is 70.1 Å². The zero-order valence-corrected chi connectivity index (χ0v) is 33.2. The molecule has 0 saturated heterocycles. The van der Waals surface area contributed by atoms with E-state index in [4.69, 9.17) is 28.7 Å². The summed E-state index contributed by atoms with van der Waals surface area (Å²) in [6.45, 7) is 3.83. The van der Waals surface area contributed by atoms with Crippen LogP contribution in [0, 0.1) is 11.7 Å². The molecule has 0 saturated carbocycles. The van der Waals surface area contributed by atoms with Crippen LogP contribution in [-0.2, 0) is 36.8 Å². The third-order valence-electron chi connectivity index (χ3n) is 9.23. The molecule has 0 unspecified atom stereocenters. The van der Waals surface area contributed by atoms with Gasteiger partial charge in [-0.05, 0) is 66.6 Å². The van der Waals surface area contributed by atoms with Gasteiger partial charge in [-0.25, -0.2) is 9.38 Å². The van der Waals surface area contributed by atoms with Crippen molar-refractivity contribution < 1.29 is 33.2 Å². The Hall–Kier alpha value is -7.31. The van der Waals surface area contributed by atoms with Crippen molar-refractivity contribution in [3.8, 4) is 0 Å². The van der Waals surface area contributed by atoms with Crippen molar-refractivity contribution in [1.82, 2.24) is 26.3 Å². The van der Waals surface area contributed by atoms with Gasteiger partial charge in [-0.3, -0.25) is 33.8 Å². The number of carbonyl (C=O) groups excluding carboxylic acids is 6. The molecule has 0 aliphatic carbocycles. The van der Waals surface area contributed by atoms with E-state index in [2.05, 4.69) is 36.2 Å². The largest absolute Gasteiger partial charge is 0.370 e. The van der Waals surface area contributed by atoms with Gasteiger partial charge in [0.05, 0.1) is 11.3 Å². The second-order valence-corrected chi connectivity index (χ2v) is 14.5. The summed E-state index contributed by atoms with van der Waals surface area (Å²) in [4.78, 5) is 92.2. The van der Waals surface area contributed by atoms with E-state index in [1.807, 2.05) is 13.8 Å². The summed E-state index contributed by atoms with van der Waals surface area (Å²) in [6.07, 6.45) is 1.62. The van der Waals surface area contributed by atoms with E-state index in [1.54, 1.807) is 48.5 Å². The van der Waals surface area contributed by atoms with Gasteiger partial charge in [0.25, 0.3) is 11.7 Å². The van der Waals surface area contributed by atoms with Crippen LogP contribution >= 0.6 is 0 Å². The van der Waals surface area contributed by atoms with Gasteiger partial charge in [-0.15, -0.1) is 0 Å². The molecule has 4 aromatic rings. The maximum atomic E-state index is 14.2. The van der Waals surface area contributed by atoms with E-state index in [0.29, 0.717) is 34.1 Å². The van der Waals surface area contributed by atoms with Gasteiger partial charge in [-0.1, -0.05) is 56.3 Å². The monoisotopic (exact) mass is 826 g/mol. The number of ketones is 1. The maximum Gasteiger partial charge on any atom is 0.293 e. The van der Waals surface area contributed by atoms with Gasteiger partial charge in [-0.2, -0.15) is 0 Å². The van der Waals surface area contributed by atoms with Gasteiger partial charge in [0, 0.05) is 36.5 Å². The highest BCUT2D eigenvalue weighted by molar-refractivity contribution is 6.45. The van der Waals surface area contributed by atoms with Crippen LogP contribution in [0.15, 0.2) is 89.0 Å². The Morgan fingerprint density at radius 1 is 0.683 bits per heavy atom. The average Bonchev–Trinajstić information content (AvgIpc) is 3.63. The first-order valence-corrected chi connectivity index (χ1v) is 19.1. The van der Waals surface area contributed by atoms with Crippen molar-refractivity contribution in [2.24, 2.45) is 44.6 Å². The lowest BCUT2D eigenvalue weighted by atomic mass is 9.99. The number of hydrogen-bond acceptors (Lipinski definition) is 8. The molecule has 60 heavy (non-hydrogen) atoms. The standard InChI is InChI=1S/C41H51FN12O6/c1-22(2)18-31(36(57)51-30(35(43)56)8-5-17-48-40(44)45)52-37(58)32(20-24-11-15-26(16-12-24)50-41(46)47)53-38(59)33(19-23-9-13-25(42)14-10-23)54-39(60)34(55)28-21-49-29-7-4-3-6-27(28)29/h3-4,6-7,9-16,21-22,30-33,49H,5,8,17-20H2,1-2H3,(H2,43,56)(H,51,57)(H,52,58)(H,53,59)(H,54,60)(H4,44,45,48)(H4,46,47,50)/t30-,31-,32-,33-/m0/s1. The Morgan fingerprint density at radius 2 is 1.23 bits per heavy atom. The van der Waals surface area contributed by atoms with Crippen LogP contribution in [0.3, 0.4) is 0 Å². The van der Waals surface area contributed by atoms with Crippen LogP contribution in [0.25, 0.3) is 10.9 Å². The fourth-order valence-corrected chi connectivity index (χ4v) is 6.28. The summed E-state index contributed by atoms with van der Waals surface area (Å²) in [5, 5.41) is 11.0. The number of H-pyrrole nitrogens is 1. The number of halogens is 1. The number of aliphatic imine (C=N–C) groups is 2. The fourth-order valence-electron chi connectivity index (χ4n) is 6.28. The molecule has 0 aliphatic rings. The molecule has 18 nitrogen and oxygen atoms in total. The minimum absolute atomic E-state index is 0.0762. The number of guanidine groups is 2. The quantitative estimate of drug-likeness (QED) is 0.0181. The van der Waals surface area contributed by atoms with Crippen molar-refractivity contribution in [3.05, 3.63) is 102 Å². The van der Waals surface area contributed by atoms with Crippen molar-refractivity contribution in [3.63, 3.8) is 0 Å². The summed E-state index contributed by atoms with van der Waals surface area (Å²) in [7, 11) is 0. The van der Waals surface area contributed by atoms with Crippen LogP contribution < -0.4 is 49.9 Å². The van der Waals surface area contributed by atoms with Crippen molar-refractivity contribution >= 4 is 63.8 Å². The summed E-state index contributed by atoms with van der Waals surface area (Å²) in [5.74, 6) is -6.16. The number of rotatable bonds is 21. The molecule has 0 aliphatic heterocycles. The Labute approximate surface area is 345 Å². The molecule has 1 aromatic heterocycles. The molecule has 0 fully saturated rings. The zero-order chi connectivity index (χ0) is 43.9. The molecule has 318 valence electrons. The molecule has 1 heterocycles. The first-order chi connectivity index (χ1) is 28.5. The summed E-state index contributed by atoms with van der Waals surface area (Å²) in [5.41, 5.74) is 29.4. The molecule has 19 heteroatoms. The number of nitrogens with two attached hydrogens (primary N) is 5. The molecule has 0 radical (unpaired) electrons. The predicted molar refractivity (Wildman–Crippen MR) is 225 cm³/mol. The highest BCUT2D eigenvalue weighted by Gasteiger charge is 2.33. The predicted octanol–water partition coefficient (Wildman–Crippen LogP) is 0.404. The Balaban J connectivity index is 1.63. The summed E-state index contributed by atoms with van der Waals surface area (Å²) >= 11 is 0. The average molecular weight is 827 g/mol. The van der Waals surface area contributed by atoms with Crippen LogP contribution in [0.2, 0.25) is 0 Å². The third-order valence-corrected chi connectivity index (χ3v) is 9.23. The molecule has 4 rings (SSSR count). The minimum atomic E-state index is -1.44. The summed E-state index contributed by atoms with van der Waals surface area (Å²) in [6, 6.07) is 13.4. The first kappa shape index (κ1) is 45.4. The lowest BCUT2D eigenvalue weighted by molar-refractivity contribution is -0.134. The second kappa shape index (κ2) is 21.4. The van der Waals surface area contributed by atoms with Gasteiger partial charge in [0.1, 0.15) is 30.0 Å². The smallest absolute Gasteiger partial charge is 0.293 e. The number of primary amides is 1. The number of amides is 5. The second-order valence-electron chi connectivity index (χ2n) is 14.5. The van der Waals surface area contributed by atoms with Gasteiger partial charge >= 0.3 is 0 Å². The van der Waals surface area contributed by atoms with Gasteiger partial charge in [0.15, 0.2) is 11.9 Å². The molecule has 0 bridgehead atoms. The molecule has 3 aromatic carbocycles. The fraction of sp³-hybridized carbons (Fsp3) is 0.317. The number of nitrogens with one attached hydrogen (secondary N) is 5. The van der Waals surface area contributed by atoms with Gasteiger partial charge < -0.3 is 54.9 Å². The van der Waals surface area contributed by atoms with Gasteiger partial charge in [0.2, 0.25) is 23.6 Å². The number of hydrogen-bond donors (Lipinski definition) is 10. The third kappa shape index (κ3) is 13.7. The zero-order valence-electron chi connectivity index (χ0n) is 33.2. The Morgan fingerprint density at radius 3 is 1.82 bits per heavy atom. The van der Waals surface area contributed by atoms with Crippen LogP contribution in [0.4, 0.5) is 10.1 Å².